The highest BCUT2D eigenvalue weighted by Gasteiger charge is 2.18. The largest absolute Gasteiger partial charge is 0.484 e. The Labute approximate surface area is 258 Å². The summed E-state index contributed by atoms with van der Waals surface area (Å²) in [6, 6.07) is 29.1. The Morgan fingerprint density at radius 3 is 2.23 bits per heavy atom. The van der Waals surface area contributed by atoms with Crippen LogP contribution in [0.25, 0.3) is 0 Å². The maximum atomic E-state index is 12.6. The Bertz CT molecular complexity index is 1710. The van der Waals surface area contributed by atoms with Crippen molar-refractivity contribution in [2.75, 3.05) is 23.7 Å². The number of carbonyl (C=O) groups is 2. The van der Waals surface area contributed by atoms with Crippen molar-refractivity contribution in [2.24, 2.45) is 5.10 Å². The number of ether oxygens (including phenoxy) is 1. The average molecular weight is 613 g/mol. The molecule has 0 heterocycles. The van der Waals surface area contributed by atoms with E-state index in [-0.39, 0.29) is 19.1 Å². The topological polar surface area (TPSA) is 117 Å². The monoisotopic (exact) mass is 612 g/mol. The van der Waals surface area contributed by atoms with Crippen LogP contribution in [0.1, 0.15) is 38.2 Å². The molecule has 0 spiro atoms. The van der Waals surface area contributed by atoms with E-state index in [0.29, 0.717) is 23.5 Å². The minimum atomic E-state index is -3.52. The second-order valence-electron chi connectivity index (χ2n) is 10.4. The van der Waals surface area contributed by atoms with Crippen LogP contribution < -0.4 is 19.8 Å². The van der Waals surface area contributed by atoms with E-state index in [9.17, 15) is 18.0 Å². The third kappa shape index (κ3) is 9.53. The highest BCUT2D eigenvalue weighted by atomic mass is 32.2. The Hall–Kier alpha value is -4.96. The van der Waals surface area contributed by atoms with Gasteiger partial charge in [-0.25, -0.2) is 13.8 Å². The van der Waals surface area contributed by atoms with Crippen LogP contribution in [0.3, 0.4) is 0 Å². The van der Waals surface area contributed by atoms with E-state index in [1.54, 1.807) is 54.6 Å². The number of anilines is 1. The summed E-state index contributed by atoms with van der Waals surface area (Å²) in [7, 11) is -3.52. The van der Waals surface area contributed by atoms with E-state index in [1.807, 2.05) is 56.3 Å². The van der Waals surface area contributed by atoms with E-state index < -0.39 is 15.9 Å². The molecule has 0 aromatic heterocycles. The fraction of sp³-hybridized carbons (Fsp3) is 0.206. The molecule has 228 valence electrons. The molecule has 44 heavy (non-hydrogen) atoms. The van der Waals surface area contributed by atoms with E-state index in [1.165, 1.54) is 16.8 Å². The zero-order valence-corrected chi connectivity index (χ0v) is 25.8. The van der Waals surface area contributed by atoms with Crippen LogP contribution in [0.2, 0.25) is 0 Å². The van der Waals surface area contributed by atoms with Crippen molar-refractivity contribution in [3.05, 3.63) is 130 Å². The van der Waals surface area contributed by atoms with Crippen molar-refractivity contribution in [3.8, 4) is 5.75 Å². The Morgan fingerprint density at radius 2 is 1.57 bits per heavy atom. The molecule has 0 bridgehead atoms. The molecular formula is C34H36N4O5S. The van der Waals surface area contributed by atoms with Gasteiger partial charge in [-0.2, -0.15) is 5.10 Å². The number of nitrogens with one attached hydrogen (secondary N) is 2. The van der Waals surface area contributed by atoms with Gasteiger partial charge in [0.25, 0.3) is 11.8 Å². The number of hydrogen-bond donors (Lipinski definition) is 2. The van der Waals surface area contributed by atoms with Crippen LogP contribution in [0.15, 0.2) is 102 Å². The van der Waals surface area contributed by atoms with Crippen LogP contribution in [-0.2, 0) is 27.8 Å². The number of hydrogen-bond acceptors (Lipinski definition) is 6. The molecule has 4 aromatic carbocycles. The number of sulfonamides is 1. The molecule has 2 amide bonds. The van der Waals surface area contributed by atoms with E-state index in [2.05, 4.69) is 15.8 Å². The molecule has 0 atom stereocenters. The number of carbonyl (C=O) groups excluding carboxylic acids is 2. The number of aryl methyl sites for hydroxylation is 2. The van der Waals surface area contributed by atoms with Crippen molar-refractivity contribution < 1.29 is 22.7 Å². The Balaban J connectivity index is 1.24. The van der Waals surface area contributed by atoms with Crippen molar-refractivity contribution in [2.45, 2.75) is 26.8 Å². The Kier molecular flexibility index (Phi) is 10.9. The first-order chi connectivity index (χ1) is 21.1. The maximum Gasteiger partial charge on any atom is 0.271 e. The number of amides is 2. The van der Waals surface area contributed by atoms with Gasteiger partial charge in [-0.3, -0.25) is 13.9 Å². The lowest BCUT2D eigenvalue weighted by Gasteiger charge is -2.23. The van der Waals surface area contributed by atoms with E-state index >= 15 is 0 Å². The van der Waals surface area contributed by atoms with Gasteiger partial charge < -0.3 is 10.1 Å². The summed E-state index contributed by atoms with van der Waals surface area (Å²) in [5.74, 6) is -0.0621. The molecule has 0 saturated heterocycles. The predicted molar refractivity (Wildman–Crippen MR) is 174 cm³/mol. The molecule has 0 aliphatic rings. The van der Waals surface area contributed by atoms with Gasteiger partial charge in [-0.15, -0.1) is 0 Å². The predicted octanol–water partition coefficient (Wildman–Crippen LogP) is 4.77. The Morgan fingerprint density at radius 1 is 0.864 bits per heavy atom. The van der Waals surface area contributed by atoms with Gasteiger partial charge in [0.1, 0.15) is 5.75 Å². The lowest BCUT2D eigenvalue weighted by atomic mass is 10.1. The highest BCUT2D eigenvalue weighted by Crippen LogP contribution is 2.23. The number of nitrogens with zero attached hydrogens (tertiary/aromatic N) is 2. The zero-order valence-electron chi connectivity index (χ0n) is 25.0. The molecular weight excluding hydrogens is 576 g/mol. The molecule has 0 radical (unpaired) electrons. The fourth-order valence-corrected chi connectivity index (χ4v) is 5.16. The second-order valence-corrected chi connectivity index (χ2v) is 12.3. The summed E-state index contributed by atoms with van der Waals surface area (Å²) < 4.78 is 31.9. The lowest BCUT2D eigenvalue weighted by Crippen LogP contribution is -2.30. The van der Waals surface area contributed by atoms with Gasteiger partial charge >= 0.3 is 0 Å². The minimum Gasteiger partial charge on any atom is -0.484 e. The molecule has 0 aliphatic heterocycles. The standard InChI is InChI=1S/C34H36N4O5S/c1-25-9-16-31(21-26(25)2)38(44(3,41)42)23-29-10-14-30(15-11-29)34(40)37-36-22-28-12-17-32(18-13-28)43-24-33(39)35-20-19-27-7-5-4-6-8-27/h4-18,21-22H,19-20,23-24H2,1-3H3,(H,35,39)(H,37,40)/b36-22-. The number of rotatable bonds is 13. The lowest BCUT2D eigenvalue weighted by molar-refractivity contribution is -0.123. The quantitative estimate of drug-likeness (QED) is 0.167. The maximum absolute atomic E-state index is 12.6. The van der Waals surface area contributed by atoms with Gasteiger partial charge in [-0.1, -0.05) is 48.5 Å². The highest BCUT2D eigenvalue weighted by molar-refractivity contribution is 7.92. The summed E-state index contributed by atoms with van der Waals surface area (Å²) in [4.78, 5) is 24.6. The molecule has 9 nitrogen and oxygen atoms in total. The molecule has 0 unspecified atom stereocenters. The third-order valence-corrected chi connectivity index (χ3v) is 8.07. The van der Waals surface area contributed by atoms with E-state index in [4.69, 9.17) is 4.74 Å². The first kappa shape index (κ1) is 32.0. The van der Waals surface area contributed by atoms with Crippen LogP contribution in [-0.4, -0.2) is 45.9 Å². The SMILES string of the molecule is Cc1ccc(N(Cc2ccc(C(=O)N/N=C\c3ccc(OCC(=O)NCCc4ccccc4)cc3)cc2)S(C)(=O)=O)cc1C. The van der Waals surface area contributed by atoms with Crippen LogP contribution in [0, 0.1) is 13.8 Å². The first-order valence-electron chi connectivity index (χ1n) is 14.1. The first-order valence-corrected chi connectivity index (χ1v) is 15.9. The summed E-state index contributed by atoms with van der Waals surface area (Å²) >= 11 is 0. The van der Waals surface area contributed by atoms with Crippen molar-refractivity contribution >= 4 is 33.7 Å². The number of hydrazone groups is 1. The second kappa shape index (κ2) is 15.0. The van der Waals surface area contributed by atoms with Gasteiger partial charge in [0.2, 0.25) is 10.0 Å². The third-order valence-electron chi connectivity index (χ3n) is 6.93. The smallest absolute Gasteiger partial charge is 0.271 e. The summed E-state index contributed by atoms with van der Waals surface area (Å²) in [6.07, 6.45) is 3.43. The van der Waals surface area contributed by atoms with E-state index in [0.717, 1.165) is 34.2 Å². The molecule has 0 fully saturated rings. The van der Waals surface area contributed by atoms with Gasteiger partial charge in [0, 0.05) is 12.1 Å². The van der Waals surface area contributed by atoms with Gasteiger partial charge in [0.05, 0.1) is 24.7 Å². The summed E-state index contributed by atoms with van der Waals surface area (Å²) in [5, 5.41) is 6.86. The molecule has 4 aromatic rings. The zero-order chi connectivity index (χ0) is 31.5. The fourth-order valence-electron chi connectivity index (χ4n) is 4.28. The van der Waals surface area contributed by atoms with Crippen LogP contribution >= 0.6 is 0 Å². The van der Waals surface area contributed by atoms with Gasteiger partial charge in [-0.05, 0) is 96.6 Å². The molecule has 10 heteroatoms. The minimum absolute atomic E-state index is 0.0883. The normalized spacial score (nSPS) is 11.2. The average Bonchev–Trinajstić information content (AvgIpc) is 3.01. The summed E-state index contributed by atoms with van der Waals surface area (Å²) in [5.41, 5.74) is 8.17. The van der Waals surface area contributed by atoms with Crippen molar-refractivity contribution in [1.82, 2.24) is 10.7 Å². The molecule has 0 aliphatic carbocycles. The van der Waals surface area contributed by atoms with Crippen LogP contribution in [0.4, 0.5) is 5.69 Å². The van der Waals surface area contributed by atoms with Gasteiger partial charge in [0.15, 0.2) is 6.61 Å². The van der Waals surface area contributed by atoms with Crippen molar-refractivity contribution in [3.63, 3.8) is 0 Å². The number of benzene rings is 4. The molecule has 4 rings (SSSR count). The summed E-state index contributed by atoms with van der Waals surface area (Å²) in [6.45, 7) is 4.50. The molecule has 2 N–H and O–H groups in total. The van der Waals surface area contributed by atoms with Crippen LogP contribution in [0.5, 0.6) is 5.75 Å². The van der Waals surface area contributed by atoms with Crippen molar-refractivity contribution in [1.29, 1.82) is 0 Å². The molecule has 0 saturated carbocycles.